The zero-order valence-electron chi connectivity index (χ0n) is 15.3. The third-order valence-electron chi connectivity index (χ3n) is 5.11. The minimum absolute atomic E-state index is 0.189. The van der Waals surface area contributed by atoms with Gasteiger partial charge in [0, 0.05) is 24.8 Å². The predicted molar refractivity (Wildman–Crippen MR) is 98.8 cm³/mol. The van der Waals surface area contributed by atoms with Crippen molar-refractivity contribution in [1.82, 2.24) is 20.1 Å². The molecule has 8 heteroatoms. The Morgan fingerprint density at radius 3 is 2.54 bits per heavy atom. The molecular weight excluding hydrogens is 332 g/mol. The molecule has 2 aromatic rings. The van der Waals surface area contributed by atoms with Crippen LogP contribution in [0.1, 0.15) is 24.1 Å². The average Bonchev–Trinajstić information content (AvgIpc) is 3.13. The van der Waals surface area contributed by atoms with E-state index in [1.165, 1.54) is 7.11 Å². The van der Waals surface area contributed by atoms with Crippen molar-refractivity contribution in [3.8, 4) is 0 Å². The Morgan fingerprint density at radius 2 is 1.92 bits per heavy atom. The maximum Gasteiger partial charge on any atom is 0.410 e. The molecule has 0 saturated carbocycles. The van der Waals surface area contributed by atoms with Gasteiger partial charge in [-0.1, -0.05) is 0 Å². The normalized spacial score (nSPS) is 21.8. The second-order valence-electron chi connectivity index (χ2n) is 7.12. The Labute approximate surface area is 152 Å². The second-order valence-corrected chi connectivity index (χ2v) is 7.12. The summed E-state index contributed by atoms with van der Waals surface area (Å²) >= 11 is 0. The Kier molecular flexibility index (Phi) is 4.18. The van der Waals surface area contributed by atoms with Crippen LogP contribution in [-0.2, 0) is 4.74 Å². The number of hydrogen-bond donors (Lipinski definition) is 2. The first kappa shape index (κ1) is 16.7. The third kappa shape index (κ3) is 3.07. The lowest BCUT2D eigenvalue weighted by Crippen LogP contribution is -2.56. The fraction of sp³-hybridized carbons (Fsp3) is 0.500. The fourth-order valence-electron chi connectivity index (χ4n) is 3.98. The van der Waals surface area contributed by atoms with Crippen molar-refractivity contribution in [3.63, 3.8) is 0 Å². The van der Waals surface area contributed by atoms with E-state index in [2.05, 4.69) is 33.4 Å². The number of hydrogen-bond acceptors (Lipinski definition) is 6. The molecule has 2 atom stereocenters. The van der Waals surface area contributed by atoms with Crippen LogP contribution in [0.15, 0.2) is 18.2 Å². The van der Waals surface area contributed by atoms with Crippen LogP contribution in [0.4, 0.5) is 22.2 Å². The van der Waals surface area contributed by atoms with Crippen molar-refractivity contribution in [1.29, 1.82) is 0 Å². The predicted octanol–water partition coefficient (Wildman–Crippen LogP) is 2.58. The number of anilines is 3. The number of rotatable bonds is 3. The molecule has 138 valence electrons. The molecule has 2 aliphatic heterocycles. The minimum Gasteiger partial charge on any atom is -0.453 e. The van der Waals surface area contributed by atoms with Crippen molar-refractivity contribution >= 4 is 23.5 Å². The summed E-state index contributed by atoms with van der Waals surface area (Å²) in [4.78, 5) is 21.0. The zero-order chi connectivity index (χ0) is 18.3. The number of fused-ring (bicyclic) bond motifs is 2. The maximum atomic E-state index is 12.0. The summed E-state index contributed by atoms with van der Waals surface area (Å²) in [6.45, 7) is 5.58. The van der Waals surface area contributed by atoms with Crippen molar-refractivity contribution < 1.29 is 9.53 Å². The first-order valence-electron chi connectivity index (χ1n) is 8.92. The smallest absolute Gasteiger partial charge is 0.410 e. The van der Waals surface area contributed by atoms with Crippen LogP contribution < -0.4 is 10.2 Å². The number of carbonyl (C=O) groups is 1. The van der Waals surface area contributed by atoms with E-state index in [-0.39, 0.29) is 18.2 Å². The summed E-state index contributed by atoms with van der Waals surface area (Å²) in [6, 6.07) is 6.42. The monoisotopic (exact) mass is 356 g/mol. The molecule has 2 aliphatic rings. The van der Waals surface area contributed by atoms with Gasteiger partial charge in [0.15, 0.2) is 5.82 Å². The van der Waals surface area contributed by atoms with Gasteiger partial charge in [0.25, 0.3) is 0 Å². The van der Waals surface area contributed by atoms with Gasteiger partial charge in [0.2, 0.25) is 0 Å². The summed E-state index contributed by atoms with van der Waals surface area (Å²) < 4.78 is 4.95. The molecular formula is C18H24N6O2. The lowest BCUT2D eigenvalue weighted by molar-refractivity contribution is 0.0962. The number of amides is 1. The van der Waals surface area contributed by atoms with Gasteiger partial charge < -0.3 is 15.0 Å². The van der Waals surface area contributed by atoms with E-state index in [9.17, 15) is 4.79 Å². The van der Waals surface area contributed by atoms with Gasteiger partial charge in [-0.25, -0.2) is 9.78 Å². The molecule has 2 aromatic heterocycles. The highest BCUT2D eigenvalue weighted by Gasteiger charge is 2.43. The van der Waals surface area contributed by atoms with Crippen molar-refractivity contribution in [2.24, 2.45) is 0 Å². The van der Waals surface area contributed by atoms with Crippen molar-refractivity contribution in [2.45, 2.75) is 38.8 Å². The van der Waals surface area contributed by atoms with E-state index in [1.54, 1.807) is 0 Å². The molecule has 2 saturated heterocycles. The number of nitrogens with zero attached hydrogens (tertiary/aromatic N) is 4. The van der Waals surface area contributed by atoms with E-state index >= 15 is 0 Å². The van der Waals surface area contributed by atoms with E-state index in [0.717, 1.165) is 54.6 Å². The summed E-state index contributed by atoms with van der Waals surface area (Å²) in [6.07, 6.45) is 1.81. The molecule has 0 aromatic carbocycles. The lowest BCUT2D eigenvalue weighted by atomic mass is 10.2. The molecule has 0 radical (unpaired) electrons. The standard InChI is InChI=1S/C18H24N6O2/c1-11-6-15(19-16-8-12(2)21-22-16)20-17(7-11)23-9-13-4-5-14(10-23)24(13)18(25)26-3/h6-8,13-14H,4-5,9-10H2,1-3H3,(H2,19,20,21,22). The van der Waals surface area contributed by atoms with Crippen LogP contribution in [0.2, 0.25) is 0 Å². The number of ether oxygens (including phenoxy) is 1. The largest absolute Gasteiger partial charge is 0.453 e. The number of carbonyl (C=O) groups excluding carboxylic acids is 1. The number of nitrogens with one attached hydrogen (secondary N) is 2. The molecule has 2 unspecified atom stereocenters. The molecule has 8 nitrogen and oxygen atoms in total. The summed E-state index contributed by atoms with van der Waals surface area (Å²) in [7, 11) is 1.45. The Balaban J connectivity index is 1.54. The van der Waals surface area contributed by atoms with Gasteiger partial charge in [-0.2, -0.15) is 5.10 Å². The number of aryl methyl sites for hydroxylation is 2. The van der Waals surface area contributed by atoms with E-state index < -0.39 is 0 Å². The lowest BCUT2D eigenvalue weighted by Gasteiger charge is -2.40. The summed E-state index contributed by atoms with van der Waals surface area (Å²) in [5, 5.41) is 10.4. The zero-order valence-corrected chi connectivity index (χ0v) is 15.3. The minimum atomic E-state index is -0.217. The fourth-order valence-corrected chi connectivity index (χ4v) is 3.98. The maximum absolute atomic E-state index is 12.0. The van der Waals surface area contributed by atoms with Gasteiger partial charge >= 0.3 is 6.09 Å². The third-order valence-corrected chi connectivity index (χ3v) is 5.11. The van der Waals surface area contributed by atoms with Crippen LogP contribution in [0.3, 0.4) is 0 Å². The number of aromatic amines is 1. The quantitative estimate of drug-likeness (QED) is 0.879. The van der Waals surface area contributed by atoms with Crippen LogP contribution in [0, 0.1) is 13.8 Å². The molecule has 0 spiro atoms. The number of piperazine rings is 1. The number of H-pyrrole nitrogens is 1. The van der Waals surface area contributed by atoms with E-state index in [1.807, 2.05) is 24.0 Å². The van der Waals surface area contributed by atoms with Gasteiger partial charge in [-0.3, -0.25) is 10.00 Å². The summed E-state index contributed by atoms with van der Waals surface area (Å²) in [5.41, 5.74) is 2.13. The van der Waals surface area contributed by atoms with Gasteiger partial charge in [-0.15, -0.1) is 0 Å². The topological polar surface area (TPSA) is 86.4 Å². The second kappa shape index (κ2) is 6.51. The summed E-state index contributed by atoms with van der Waals surface area (Å²) in [5.74, 6) is 2.46. The molecule has 0 aliphatic carbocycles. The van der Waals surface area contributed by atoms with Gasteiger partial charge in [-0.05, 0) is 44.4 Å². The highest BCUT2D eigenvalue weighted by Crippen LogP contribution is 2.33. The van der Waals surface area contributed by atoms with Crippen molar-refractivity contribution in [3.05, 3.63) is 29.5 Å². The van der Waals surface area contributed by atoms with Crippen LogP contribution >= 0.6 is 0 Å². The van der Waals surface area contributed by atoms with Gasteiger partial charge in [0.1, 0.15) is 11.6 Å². The first-order chi connectivity index (χ1) is 12.5. The first-order valence-corrected chi connectivity index (χ1v) is 8.92. The molecule has 2 N–H and O–H groups in total. The Bertz CT molecular complexity index is 806. The van der Waals surface area contributed by atoms with E-state index in [0.29, 0.717) is 0 Å². The molecule has 4 heterocycles. The molecule has 2 fully saturated rings. The Hall–Kier alpha value is -2.77. The number of pyridine rings is 1. The van der Waals surface area contributed by atoms with Gasteiger partial charge in [0.05, 0.1) is 19.2 Å². The molecule has 26 heavy (non-hydrogen) atoms. The van der Waals surface area contributed by atoms with E-state index in [4.69, 9.17) is 9.72 Å². The molecule has 2 bridgehead atoms. The Morgan fingerprint density at radius 1 is 1.19 bits per heavy atom. The molecule has 1 amide bonds. The molecule has 4 rings (SSSR count). The number of methoxy groups -OCH3 is 1. The highest BCUT2D eigenvalue weighted by atomic mass is 16.5. The van der Waals surface area contributed by atoms with Crippen LogP contribution in [-0.4, -0.2) is 58.5 Å². The SMILES string of the molecule is COC(=O)N1C2CCC1CN(c1cc(C)cc(Nc3cc(C)[nH]n3)n1)C2. The van der Waals surface area contributed by atoms with Crippen molar-refractivity contribution in [2.75, 3.05) is 30.4 Å². The highest BCUT2D eigenvalue weighted by molar-refractivity contribution is 5.69. The number of aromatic nitrogens is 3. The average molecular weight is 356 g/mol. The van der Waals surface area contributed by atoms with Crippen LogP contribution in [0.5, 0.6) is 0 Å². The van der Waals surface area contributed by atoms with Crippen LogP contribution in [0.25, 0.3) is 0 Å².